The molecule has 0 amide bonds. The molecule has 2 N–H and O–H groups in total. The molecule has 0 atom stereocenters. The summed E-state index contributed by atoms with van der Waals surface area (Å²) >= 11 is 0. The Morgan fingerprint density at radius 3 is 2.72 bits per heavy atom. The van der Waals surface area contributed by atoms with Crippen molar-refractivity contribution in [1.29, 1.82) is 0 Å². The summed E-state index contributed by atoms with van der Waals surface area (Å²) < 4.78 is 18.5. The van der Waals surface area contributed by atoms with E-state index in [0.717, 1.165) is 12.1 Å². The lowest BCUT2D eigenvalue weighted by molar-refractivity contribution is -0.387. The third kappa shape index (κ3) is 2.51. The molecule has 0 aliphatic heterocycles. The van der Waals surface area contributed by atoms with Crippen molar-refractivity contribution in [2.75, 3.05) is 5.73 Å². The molecule has 0 bridgehead atoms. The number of nitrogen functional groups attached to an aromatic ring is 1. The molecule has 1 aromatic heterocycles. The minimum absolute atomic E-state index is 0.108. The van der Waals surface area contributed by atoms with Crippen LogP contribution in [0.15, 0.2) is 36.4 Å². The Kier molecular flexibility index (Phi) is 3.05. The molecule has 18 heavy (non-hydrogen) atoms. The predicted molar refractivity (Wildman–Crippen MR) is 61.8 cm³/mol. The molecular weight excluding hydrogens is 241 g/mol. The fourth-order valence-corrected chi connectivity index (χ4v) is 1.31. The van der Waals surface area contributed by atoms with Gasteiger partial charge in [0.15, 0.2) is 0 Å². The molecular formula is C11H8FN3O3. The van der Waals surface area contributed by atoms with E-state index in [4.69, 9.17) is 10.5 Å². The normalized spacial score (nSPS) is 10.1. The van der Waals surface area contributed by atoms with Crippen LogP contribution in [0.5, 0.6) is 11.6 Å². The number of nitro groups is 1. The summed E-state index contributed by atoms with van der Waals surface area (Å²) in [6.45, 7) is 0. The minimum atomic E-state index is -0.971. The second-order valence-corrected chi connectivity index (χ2v) is 3.37. The van der Waals surface area contributed by atoms with Gasteiger partial charge in [-0.15, -0.1) is 0 Å². The molecule has 0 aliphatic carbocycles. The number of nitrogens with zero attached hydrogens (tertiary/aromatic N) is 2. The number of nitrogens with two attached hydrogens (primary N) is 1. The maximum atomic E-state index is 13.3. The van der Waals surface area contributed by atoms with E-state index in [-0.39, 0.29) is 17.4 Å². The van der Waals surface area contributed by atoms with Crippen LogP contribution < -0.4 is 10.5 Å². The maximum absolute atomic E-state index is 13.3. The maximum Gasteiger partial charge on any atom is 0.305 e. The fraction of sp³-hybridized carbons (Fsp3) is 0. The highest BCUT2D eigenvalue weighted by Crippen LogP contribution is 2.25. The van der Waals surface area contributed by atoms with Gasteiger partial charge in [0.2, 0.25) is 11.7 Å². The molecule has 6 nitrogen and oxygen atoms in total. The van der Waals surface area contributed by atoms with Gasteiger partial charge in [-0.25, -0.2) is 0 Å². The Hall–Kier alpha value is -2.70. The Morgan fingerprint density at radius 1 is 1.33 bits per heavy atom. The van der Waals surface area contributed by atoms with E-state index in [1.54, 1.807) is 12.1 Å². The first-order valence-electron chi connectivity index (χ1n) is 4.90. The van der Waals surface area contributed by atoms with Crippen LogP contribution in [-0.2, 0) is 0 Å². The average molecular weight is 249 g/mol. The van der Waals surface area contributed by atoms with Gasteiger partial charge >= 0.3 is 5.69 Å². The van der Waals surface area contributed by atoms with Crippen molar-refractivity contribution in [3.05, 3.63) is 52.3 Å². The Balaban J connectivity index is 2.25. The molecule has 2 rings (SSSR count). The Morgan fingerprint density at radius 2 is 2.11 bits per heavy atom. The lowest BCUT2D eigenvalue weighted by Gasteiger charge is -2.05. The van der Waals surface area contributed by atoms with Crippen LogP contribution in [0, 0.1) is 15.9 Å². The fourth-order valence-electron chi connectivity index (χ4n) is 1.31. The predicted octanol–water partition coefficient (Wildman–Crippen LogP) is 2.50. The number of pyridine rings is 1. The van der Waals surface area contributed by atoms with Gasteiger partial charge in [0, 0.05) is 18.2 Å². The average Bonchev–Trinajstić information content (AvgIpc) is 2.28. The first-order chi connectivity index (χ1) is 8.56. The summed E-state index contributed by atoms with van der Waals surface area (Å²) in [7, 11) is 0. The second kappa shape index (κ2) is 4.66. The summed E-state index contributed by atoms with van der Waals surface area (Å²) in [6.07, 6.45) is 0. The molecule has 0 unspecified atom stereocenters. The van der Waals surface area contributed by atoms with E-state index in [9.17, 15) is 14.5 Å². The van der Waals surface area contributed by atoms with Gasteiger partial charge < -0.3 is 10.5 Å². The highest BCUT2D eigenvalue weighted by atomic mass is 19.1. The molecule has 0 spiro atoms. The monoisotopic (exact) mass is 249 g/mol. The van der Waals surface area contributed by atoms with Crippen LogP contribution in [0.4, 0.5) is 15.9 Å². The third-order valence-corrected chi connectivity index (χ3v) is 2.08. The first kappa shape index (κ1) is 11.8. The number of hydrogen-bond acceptors (Lipinski definition) is 5. The van der Waals surface area contributed by atoms with Crippen LogP contribution in [0.25, 0.3) is 0 Å². The molecule has 1 heterocycles. The van der Waals surface area contributed by atoms with Crippen molar-refractivity contribution in [2.24, 2.45) is 0 Å². The van der Waals surface area contributed by atoms with Gasteiger partial charge in [-0.3, -0.25) is 10.1 Å². The zero-order valence-corrected chi connectivity index (χ0v) is 9.04. The van der Waals surface area contributed by atoms with E-state index in [1.165, 1.54) is 12.1 Å². The molecule has 2 aromatic rings. The molecule has 0 saturated carbocycles. The van der Waals surface area contributed by atoms with E-state index in [1.807, 2.05) is 0 Å². The van der Waals surface area contributed by atoms with Gasteiger partial charge in [0.05, 0.1) is 4.92 Å². The van der Waals surface area contributed by atoms with Gasteiger partial charge in [0.1, 0.15) is 11.6 Å². The number of benzene rings is 1. The highest BCUT2D eigenvalue weighted by Gasteiger charge is 2.14. The second-order valence-electron chi connectivity index (χ2n) is 3.37. The van der Waals surface area contributed by atoms with Gasteiger partial charge in [0.25, 0.3) is 0 Å². The topological polar surface area (TPSA) is 91.3 Å². The number of rotatable bonds is 3. The van der Waals surface area contributed by atoms with Gasteiger partial charge in [-0.1, -0.05) is 6.07 Å². The first-order valence-corrected chi connectivity index (χ1v) is 4.90. The molecule has 0 fully saturated rings. The van der Waals surface area contributed by atoms with Crippen LogP contribution in [0.3, 0.4) is 0 Å². The minimum Gasteiger partial charge on any atom is -0.439 e. The van der Waals surface area contributed by atoms with Crippen molar-refractivity contribution in [3.63, 3.8) is 0 Å². The van der Waals surface area contributed by atoms with Crippen molar-refractivity contribution in [1.82, 2.24) is 4.98 Å². The quantitative estimate of drug-likeness (QED) is 0.666. The van der Waals surface area contributed by atoms with Crippen molar-refractivity contribution in [3.8, 4) is 11.6 Å². The Labute approximate surface area is 101 Å². The zero-order valence-electron chi connectivity index (χ0n) is 9.04. The SMILES string of the molecule is Nc1cccc(Oc2ccc([N+](=O)[O-])c(F)c2)n1. The number of nitro benzene ring substituents is 1. The van der Waals surface area contributed by atoms with Crippen molar-refractivity contribution in [2.45, 2.75) is 0 Å². The molecule has 0 radical (unpaired) electrons. The highest BCUT2D eigenvalue weighted by molar-refractivity contribution is 5.40. The van der Waals surface area contributed by atoms with Gasteiger partial charge in [-0.2, -0.15) is 9.37 Å². The zero-order chi connectivity index (χ0) is 13.1. The van der Waals surface area contributed by atoms with Crippen LogP contribution >= 0.6 is 0 Å². The molecule has 92 valence electrons. The Bertz CT molecular complexity index is 604. The molecule has 1 aromatic carbocycles. The lowest BCUT2D eigenvalue weighted by Crippen LogP contribution is -1.95. The van der Waals surface area contributed by atoms with E-state index >= 15 is 0 Å². The van der Waals surface area contributed by atoms with E-state index in [0.29, 0.717) is 0 Å². The molecule has 7 heteroatoms. The number of anilines is 1. The summed E-state index contributed by atoms with van der Waals surface area (Å²) in [5.41, 5.74) is 4.84. The van der Waals surface area contributed by atoms with Crippen LogP contribution in [0.2, 0.25) is 0 Å². The van der Waals surface area contributed by atoms with Crippen LogP contribution in [0.1, 0.15) is 0 Å². The summed E-state index contributed by atoms with van der Waals surface area (Å²) in [5, 5.41) is 10.4. The van der Waals surface area contributed by atoms with Crippen molar-refractivity contribution < 1.29 is 14.1 Å². The summed E-state index contributed by atoms with van der Waals surface area (Å²) in [5.74, 6) is -0.421. The largest absolute Gasteiger partial charge is 0.439 e. The standard InChI is InChI=1S/C11H8FN3O3/c12-8-6-7(4-5-9(8)15(16)17)18-11-3-1-2-10(13)14-11/h1-6H,(H2,13,14). The van der Waals surface area contributed by atoms with E-state index < -0.39 is 16.4 Å². The number of halogens is 1. The number of ether oxygens (including phenoxy) is 1. The smallest absolute Gasteiger partial charge is 0.305 e. The number of aromatic nitrogens is 1. The third-order valence-electron chi connectivity index (χ3n) is 2.08. The van der Waals surface area contributed by atoms with Crippen LogP contribution in [-0.4, -0.2) is 9.91 Å². The van der Waals surface area contributed by atoms with E-state index in [2.05, 4.69) is 4.98 Å². The molecule has 0 saturated heterocycles. The van der Waals surface area contributed by atoms with Crippen molar-refractivity contribution >= 4 is 11.5 Å². The summed E-state index contributed by atoms with van der Waals surface area (Å²) in [4.78, 5) is 13.5. The molecule has 0 aliphatic rings. The number of hydrogen-bond donors (Lipinski definition) is 1. The summed E-state index contributed by atoms with van der Waals surface area (Å²) in [6, 6.07) is 7.96. The van der Waals surface area contributed by atoms with Gasteiger partial charge in [-0.05, 0) is 12.1 Å². The lowest BCUT2D eigenvalue weighted by atomic mass is 10.3.